The number of carbonyl (C=O) groups excluding carboxylic acids is 1. The van der Waals surface area contributed by atoms with Gasteiger partial charge >= 0.3 is 6.09 Å². The Morgan fingerprint density at radius 1 is 0.875 bits per heavy atom. The van der Waals surface area contributed by atoms with Crippen LogP contribution in [0.1, 0.15) is 89.0 Å². The molecule has 2 aliphatic rings. The number of methoxy groups -OCH3 is 1. The normalized spacial score (nSPS) is 19.6. The van der Waals surface area contributed by atoms with Crippen molar-refractivity contribution < 1.29 is 22.7 Å². The molecule has 1 N–H and O–H groups in total. The lowest BCUT2D eigenvalue weighted by Crippen LogP contribution is -2.54. The molecule has 3 aromatic carbocycles. The summed E-state index contributed by atoms with van der Waals surface area (Å²) >= 11 is 0. The minimum atomic E-state index is -3.33. The molecule has 2 saturated heterocycles. The van der Waals surface area contributed by atoms with Crippen LogP contribution in [0.5, 0.6) is 5.75 Å². The first-order valence-corrected chi connectivity index (χ1v) is 19.6. The van der Waals surface area contributed by atoms with E-state index in [1.807, 2.05) is 74.4 Å². The summed E-state index contributed by atoms with van der Waals surface area (Å²) < 4.78 is 37.8. The second-order valence-electron chi connectivity index (χ2n) is 14.0. The van der Waals surface area contributed by atoms with Crippen molar-refractivity contribution in [1.29, 1.82) is 0 Å². The van der Waals surface area contributed by atoms with Crippen molar-refractivity contribution in [2.45, 2.75) is 113 Å². The minimum absolute atomic E-state index is 0.0506. The minimum Gasteiger partial charge on any atom is -0.495 e. The van der Waals surface area contributed by atoms with Gasteiger partial charge in [-0.25, -0.2) is 13.2 Å². The number of fused-ring (bicyclic) bond motifs is 3. The largest absolute Gasteiger partial charge is 0.495 e. The number of nitrogens with one attached hydrogen (secondary N) is 1. The molecule has 0 aliphatic carbocycles. The van der Waals surface area contributed by atoms with Crippen molar-refractivity contribution in [3.05, 3.63) is 60.2 Å². The first kappa shape index (κ1) is 36.0. The predicted octanol–water partition coefficient (Wildman–Crippen LogP) is 8.75. The Morgan fingerprint density at radius 3 is 2.21 bits per heavy atom. The van der Waals surface area contributed by atoms with Crippen LogP contribution in [0, 0.1) is 6.92 Å². The van der Waals surface area contributed by atoms with Gasteiger partial charge in [0, 0.05) is 55.5 Å². The van der Waals surface area contributed by atoms with Gasteiger partial charge in [-0.2, -0.15) is 0 Å². The molecule has 2 heterocycles. The Hall–Kier alpha value is -3.30. The van der Waals surface area contributed by atoms with Gasteiger partial charge in [-0.1, -0.05) is 75.3 Å². The van der Waals surface area contributed by atoms with E-state index in [1.54, 1.807) is 13.2 Å². The Morgan fingerprint density at radius 2 is 1.52 bits per heavy atom. The highest BCUT2D eigenvalue weighted by molar-refractivity contribution is 7.91. The van der Waals surface area contributed by atoms with Gasteiger partial charge in [0.1, 0.15) is 11.9 Å². The number of benzene rings is 3. The van der Waals surface area contributed by atoms with E-state index in [4.69, 9.17) is 9.47 Å². The fraction of sp³-hybridized carbons (Fsp3) is 0.564. The fourth-order valence-electron chi connectivity index (χ4n) is 7.78. The molecule has 2 unspecified atom stereocenters. The number of nitrogens with zero attached hydrogens (tertiary/aromatic N) is 2. The Balaban J connectivity index is 0.964. The molecule has 2 bridgehead atoms. The summed E-state index contributed by atoms with van der Waals surface area (Å²) in [5.41, 5.74) is 2.72. The standard InChI is InChI=1S/C39H55N3O5S/c1-29-22-23-37(46-4)35(26-29)40-39(43)47-32-27-30-16-13-17-31(28-32)42(30)24-11-9-7-5-6-8-10-12-25-48(44,45)38-21-15-18-33-34(38)19-14-20-36(33)41(2)3/h14-15,18-23,26,30-32H,5-13,16-17,24-25,27-28H2,1-4H3,(H,40,43). The number of carbonyl (C=O) groups is 1. The maximum Gasteiger partial charge on any atom is 0.412 e. The SMILES string of the molecule is COc1ccc(C)cc1NC(=O)OC1CC2CCCC(C1)N2CCCCCCCCCCS(=O)(=O)c1cccc2c(N(C)C)cccc12. The maximum atomic E-state index is 13.3. The summed E-state index contributed by atoms with van der Waals surface area (Å²) in [4.78, 5) is 17.9. The summed E-state index contributed by atoms with van der Waals surface area (Å²) in [6, 6.07) is 18.2. The van der Waals surface area contributed by atoms with Crippen LogP contribution >= 0.6 is 0 Å². The molecule has 2 aliphatic heterocycles. The van der Waals surface area contributed by atoms with E-state index < -0.39 is 15.9 Å². The average Bonchev–Trinajstić information content (AvgIpc) is 3.05. The topological polar surface area (TPSA) is 88.2 Å². The van der Waals surface area contributed by atoms with Gasteiger partial charge in [-0.15, -0.1) is 0 Å². The van der Waals surface area contributed by atoms with Crippen LogP contribution in [0.15, 0.2) is 59.5 Å². The number of anilines is 2. The Kier molecular flexibility index (Phi) is 12.7. The van der Waals surface area contributed by atoms with E-state index in [0.29, 0.717) is 34.8 Å². The quantitative estimate of drug-likeness (QED) is 0.152. The first-order valence-electron chi connectivity index (χ1n) is 18.0. The molecule has 3 aromatic rings. The number of hydrogen-bond donors (Lipinski definition) is 1. The highest BCUT2D eigenvalue weighted by Crippen LogP contribution is 2.36. The number of hydrogen-bond acceptors (Lipinski definition) is 7. The van der Waals surface area contributed by atoms with Crippen LogP contribution in [0.25, 0.3) is 10.8 Å². The Labute approximate surface area is 288 Å². The van der Waals surface area contributed by atoms with Crippen molar-refractivity contribution in [3.63, 3.8) is 0 Å². The van der Waals surface area contributed by atoms with Crippen molar-refractivity contribution >= 4 is 38.1 Å². The molecule has 0 radical (unpaired) electrons. The van der Waals surface area contributed by atoms with E-state index in [0.717, 1.165) is 60.7 Å². The molecule has 2 fully saturated rings. The predicted molar refractivity (Wildman–Crippen MR) is 196 cm³/mol. The van der Waals surface area contributed by atoms with Crippen LogP contribution < -0.4 is 15.0 Å². The van der Waals surface area contributed by atoms with Gasteiger partial charge in [0.25, 0.3) is 0 Å². The van der Waals surface area contributed by atoms with Gasteiger partial charge in [-0.05, 0) is 69.0 Å². The number of aryl methyl sites for hydroxylation is 1. The van der Waals surface area contributed by atoms with Gasteiger partial charge in [-0.3, -0.25) is 10.2 Å². The highest BCUT2D eigenvalue weighted by Gasteiger charge is 2.39. The summed E-state index contributed by atoms with van der Waals surface area (Å²) in [5.74, 6) is 0.834. The molecule has 0 saturated carbocycles. The molecule has 262 valence electrons. The molecule has 48 heavy (non-hydrogen) atoms. The number of sulfone groups is 1. The van der Waals surface area contributed by atoms with Crippen LogP contribution in [0.2, 0.25) is 0 Å². The molecule has 8 nitrogen and oxygen atoms in total. The van der Waals surface area contributed by atoms with Gasteiger partial charge < -0.3 is 14.4 Å². The third kappa shape index (κ3) is 9.23. The second-order valence-corrected chi connectivity index (χ2v) is 16.1. The maximum absolute atomic E-state index is 13.3. The second kappa shape index (κ2) is 16.9. The smallest absolute Gasteiger partial charge is 0.412 e. The first-order chi connectivity index (χ1) is 23.2. The van der Waals surface area contributed by atoms with Crippen LogP contribution in [-0.4, -0.2) is 71.1 Å². The summed E-state index contributed by atoms with van der Waals surface area (Å²) in [7, 11) is 2.23. The average molecular weight is 678 g/mol. The number of rotatable bonds is 16. The van der Waals surface area contributed by atoms with Crippen LogP contribution in [-0.2, 0) is 14.6 Å². The van der Waals surface area contributed by atoms with Crippen molar-refractivity contribution in [2.75, 3.05) is 43.7 Å². The van der Waals surface area contributed by atoms with Crippen molar-refractivity contribution in [1.82, 2.24) is 4.90 Å². The van der Waals surface area contributed by atoms with Gasteiger partial charge in [0.05, 0.1) is 23.4 Å². The number of piperidine rings is 2. The number of amides is 1. The lowest BCUT2D eigenvalue weighted by Gasteiger charge is -2.48. The van der Waals surface area contributed by atoms with Crippen LogP contribution in [0.4, 0.5) is 16.2 Å². The van der Waals surface area contributed by atoms with Gasteiger partial charge in [0.15, 0.2) is 9.84 Å². The number of ether oxygens (including phenoxy) is 2. The zero-order valence-electron chi connectivity index (χ0n) is 29.4. The third-order valence-corrected chi connectivity index (χ3v) is 12.1. The van der Waals surface area contributed by atoms with E-state index in [-0.39, 0.29) is 11.9 Å². The monoisotopic (exact) mass is 677 g/mol. The molecular formula is C39H55N3O5S. The fourth-order valence-corrected chi connectivity index (χ4v) is 9.39. The van der Waals surface area contributed by atoms with E-state index >= 15 is 0 Å². The zero-order chi connectivity index (χ0) is 34.1. The lowest BCUT2D eigenvalue weighted by molar-refractivity contribution is -0.0308. The van der Waals surface area contributed by atoms with E-state index in [9.17, 15) is 13.2 Å². The third-order valence-electron chi connectivity index (χ3n) is 10.2. The van der Waals surface area contributed by atoms with Crippen molar-refractivity contribution in [3.8, 4) is 5.75 Å². The lowest BCUT2D eigenvalue weighted by atomic mass is 9.82. The molecule has 1 amide bonds. The van der Waals surface area contributed by atoms with E-state index in [2.05, 4.69) is 10.2 Å². The Bertz CT molecular complexity index is 1610. The summed E-state index contributed by atoms with van der Waals surface area (Å²) in [6.07, 6.45) is 13.7. The van der Waals surface area contributed by atoms with E-state index in [1.165, 1.54) is 44.9 Å². The molecule has 0 spiro atoms. The molecule has 9 heteroatoms. The summed E-state index contributed by atoms with van der Waals surface area (Å²) in [6.45, 7) is 3.11. The highest BCUT2D eigenvalue weighted by atomic mass is 32.2. The zero-order valence-corrected chi connectivity index (χ0v) is 30.2. The molecule has 5 rings (SSSR count). The summed E-state index contributed by atoms with van der Waals surface area (Å²) in [5, 5.41) is 4.68. The molecule has 0 aromatic heterocycles. The van der Waals surface area contributed by atoms with Gasteiger partial charge in [0.2, 0.25) is 0 Å². The molecule has 2 atom stereocenters. The number of unbranched alkanes of at least 4 members (excludes halogenated alkanes) is 7. The van der Waals surface area contributed by atoms with Crippen molar-refractivity contribution in [2.24, 2.45) is 0 Å². The van der Waals surface area contributed by atoms with Crippen LogP contribution in [0.3, 0.4) is 0 Å². The molecular weight excluding hydrogens is 623 g/mol.